The van der Waals surface area contributed by atoms with Crippen molar-refractivity contribution in [3.63, 3.8) is 0 Å². The summed E-state index contributed by atoms with van der Waals surface area (Å²) in [5, 5.41) is 7.37. The molecule has 4 rings (SSSR count). The topological polar surface area (TPSA) is 63.6 Å². The molecule has 0 spiro atoms. The van der Waals surface area contributed by atoms with Crippen molar-refractivity contribution in [2.75, 3.05) is 5.32 Å². The Morgan fingerprint density at radius 2 is 2.04 bits per heavy atom. The Bertz CT molecular complexity index is 1040. The summed E-state index contributed by atoms with van der Waals surface area (Å²) in [5.74, 6) is -1.61. The first-order valence-corrected chi connectivity index (χ1v) is 7.94. The molecule has 0 aliphatic carbocycles. The van der Waals surface area contributed by atoms with E-state index in [9.17, 15) is 13.6 Å². The third-order valence-corrected chi connectivity index (χ3v) is 4.07. The van der Waals surface area contributed by atoms with E-state index in [0.29, 0.717) is 5.69 Å². The number of oxime groups is 1. The monoisotopic (exact) mass is 353 g/mol. The van der Waals surface area contributed by atoms with Crippen molar-refractivity contribution in [1.29, 1.82) is 0 Å². The number of nitrogens with zero attached hydrogens (tertiary/aromatic N) is 2. The Labute approximate surface area is 147 Å². The summed E-state index contributed by atoms with van der Waals surface area (Å²) in [5.41, 5.74) is 1.60. The largest absolute Gasteiger partial charge is 0.382 e. The van der Waals surface area contributed by atoms with Crippen LogP contribution in [0.1, 0.15) is 12.0 Å². The summed E-state index contributed by atoms with van der Waals surface area (Å²) in [6, 6.07) is 12.1. The van der Waals surface area contributed by atoms with Crippen molar-refractivity contribution in [1.82, 2.24) is 4.98 Å². The number of halogens is 2. The second-order valence-electron chi connectivity index (χ2n) is 5.86. The maximum absolute atomic E-state index is 13.8. The average molecular weight is 353 g/mol. The highest BCUT2D eigenvalue weighted by atomic mass is 19.1. The summed E-state index contributed by atoms with van der Waals surface area (Å²) in [6.07, 6.45) is 0.843. The Hall–Kier alpha value is -3.35. The molecule has 0 saturated carbocycles. The molecule has 1 atom stereocenters. The SMILES string of the molecule is O=C(Nc1ccc2ncccc2c1)C1CC(c2cc(F)ccc2F)=NO1. The van der Waals surface area contributed by atoms with Gasteiger partial charge in [-0.2, -0.15) is 0 Å². The standard InChI is InChI=1S/C19H13F2N3O2/c20-12-3-5-15(21)14(9-12)17-10-18(26-24-17)19(25)23-13-4-6-16-11(8-13)2-1-7-22-16/h1-9,18H,10H2,(H,23,25). The Morgan fingerprint density at radius 1 is 1.15 bits per heavy atom. The molecule has 0 bridgehead atoms. The molecule has 130 valence electrons. The normalized spacial score (nSPS) is 16.2. The lowest BCUT2D eigenvalue weighted by Crippen LogP contribution is -2.28. The lowest BCUT2D eigenvalue weighted by atomic mass is 10.0. The van der Waals surface area contributed by atoms with Crippen LogP contribution >= 0.6 is 0 Å². The number of carbonyl (C=O) groups is 1. The van der Waals surface area contributed by atoms with Crippen LogP contribution in [0, 0.1) is 11.6 Å². The fourth-order valence-corrected chi connectivity index (χ4v) is 2.77. The summed E-state index contributed by atoms with van der Waals surface area (Å²) in [6.45, 7) is 0. The molecule has 26 heavy (non-hydrogen) atoms. The quantitative estimate of drug-likeness (QED) is 0.782. The maximum Gasteiger partial charge on any atom is 0.268 e. The zero-order valence-corrected chi connectivity index (χ0v) is 13.4. The van der Waals surface area contributed by atoms with Crippen molar-refractivity contribution in [2.24, 2.45) is 5.16 Å². The van der Waals surface area contributed by atoms with E-state index in [-0.39, 0.29) is 17.7 Å². The van der Waals surface area contributed by atoms with Gasteiger partial charge in [-0.3, -0.25) is 9.78 Å². The molecule has 1 aliphatic heterocycles. The number of fused-ring (bicyclic) bond motifs is 1. The zero-order valence-electron chi connectivity index (χ0n) is 13.4. The number of rotatable bonds is 3. The van der Waals surface area contributed by atoms with Gasteiger partial charge in [0.25, 0.3) is 5.91 Å². The molecule has 2 aromatic carbocycles. The van der Waals surface area contributed by atoms with Gasteiger partial charge in [0.05, 0.1) is 11.2 Å². The van der Waals surface area contributed by atoms with Gasteiger partial charge in [-0.15, -0.1) is 0 Å². The van der Waals surface area contributed by atoms with Gasteiger partial charge in [-0.05, 0) is 42.5 Å². The molecule has 5 nitrogen and oxygen atoms in total. The van der Waals surface area contributed by atoms with E-state index in [1.54, 1.807) is 24.4 Å². The minimum atomic E-state index is -0.905. The van der Waals surface area contributed by atoms with Crippen LogP contribution in [-0.2, 0) is 9.63 Å². The van der Waals surface area contributed by atoms with Gasteiger partial charge in [0, 0.05) is 29.3 Å². The van der Waals surface area contributed by atoms with E-state index in [0.717, 1.165) is 29.1 Å². The van der Waals surface area contributed by atoms with Crippen molar-refractivity contribution >= 4 is 28.2 Å². The van der Waals surface area contributed by atoms with Gasteiger partial charge >= 0.3 is 0 Å². The van der Waals surface area contributed by atoms with Crippen LogP contribution < -0.4 is 5.32 Å². The van der Waals surface area contributed by atoms with Crippen LogP contribution in [0.5, 0.6) is 0 Å². The second kappa shape index (κ2) is 6.51. The summed E-state index contributed by atoms with van der Waals surface area (Å²) in [7, 11) is 0. The number of benzene rings is 2. The lowest BCUT2D eigenvalue weighted by Gasteiger charge is -2.10. The minimum absolute atomic E-state index is 0.00270. The summed E-state index contributed by atoms with van der Waals surface area (Å²) < 4.78 is 27.2. The van der Waals surface area contributed by atoms with Crippen LogP contribution in [0.25, 0.3) is 10.9 Å². The highest BCUT2D eigenvalue weighted by Gasteiger charge is 2.30. The number of anilines is 1. The van der Waals surface area contributed by atoms with E-state index in [1.165, 1.54) is 0 Å². The van der Waals surface area contributed by atoms with Crippen LogP contribution in [0.15, 0.2) is 59.9 Å². The first-order chi connectivity index (χ1) is 12.6. The molecule has 7 heteroatoms. The molecular weight excluding hydrogens is 340 g/mol. The van der Waals surface area contributed by atoms with Gasteiger partial charge in [-0.1, -0.05) is 11.2 Å². The van der Waals surface area contributed by atoms with E-state index in [1.807, 2.05) is 12.1 Å². The highest BCUT2D eigenvalue weighted by Crippen LogP contribution is 2.22. The number of pyridine rings is 1. The third-order valence-electron chi connectivity index (χ3n) is 4.07. The number of aromatic nitrogens is 1. The van der Waals surface area contributed by atoms with Gasteiger partial charge in [0.2, 0.25) is 6.10 Å². The lowest BCUT2D eigenvalue weighted by molar-refractivity contribution is -0.125. The van der Waals surface area contributed by atoms with Crippen LogP contribution in [0.4, 0.5) is 14.5 Å². The molecule has 2 heterocycles. The number of hydrogen-bond acceptors (Lipinski definition) is 4. The van der Waals surface area contributed by atoms with Gasteiger partial charge in [0.1, 0.15) is 11.6 Å². The molecule has 3 aromatic rings. The van der Waals surface area contributed by atoms with Gasteiger partial charge in [0.15, 0.2) is 0 Å². The number of nitrogens with one attached hydrogen (secondary N) is 1. The molecule has 1 N–H and O–H groups in total. The van der Waals surface area contributed by atoms with Crippen LogP contribution in [0.2, 0.25) is 0 Å². The number of carbonyl (C=O) groups excluding carboxylic acids is 1. The molecule has 0 fully saturated rings. The molecule has 1 aromatic heterocycles. The van der Waals surface area contributed by atoms with Crippen molar-refractivity contribution in [2.45, 2.75) is 12.5 Å². The third kappa shape index (κ3) is 3.11. The molecular formula is C19H13F2N3O2. The fourth-order valence-electron chi connectivity index (χ4n) is 2.77. The van der Waals surface area contributed by atoms with E-state index >= 15 is 0 Å². The van der Waals surface area contributed by atoms with E-state index in [2.05, 4.69) is 15.5 Å². The van der Waals surface area contributed by atoms with Crippen molar-refractivity contribution in [3.8, 4) is 0 Å². The number of hydrogen-bond donors (Lipinski definition) is 1. The van der Waals surface area contributed by atoms with Crippen LogP contribution in [-0.4, -0.2) is 22.7 Å². The molecule has 1 unspecified atom stereocenters. The fraction of sp³-hybridized carbons (Fsp3) is 0.105. The van der Waals surface area contributed by atoms with Crippen molar-refractivity contribution in [3.05, 3.63) is 71.9 Å². The second-order valence-corrected chi connectivity index (χ2v) is 5.86. The zero-order chi connectivity index (χ0) is 18.1. The molecule has 0 saturated heterocycles. The Kier molecular flexibility index (Phi) is 4.04. The Morgan fingerprint density at radius 3 is 2.92 bits per heavy atom. The van der Waals surface area contributed by atoms with Gasteiger partial charge in [-0.25, -0.2) is 8.78 Å². The highest BCUT2D eigenvalue weighted by molar-refractivity contribution is 6.06. The average Bonchev–Trinajstić information content (AvgIpc) is 3.14. The predicted octanol–water partition coefficient (Wildman–Crippen LogP) is 3.64. The molecule has 0 radical (unpaired) electrons. The minimum Gasteiger partial charge on any atom is -0.382 e. The molecule has 1 aliphatic rings. The van der Waals surface area contributed by atoms with E-state index in [4.69, 9.17) is 4.84 Å². The smallest absolute Gasteiger partial charge is 0.268 e. The predicted molar refractivity (Wildman–Crippen MR) is 92.8 cm³/mol. The van der Waals surface area contributed by atoms with Crippen molar-refractivity contribution < 1.29 is 18.4 Å². The summed E-state index contributed by atoms with van der Waals surface area (Å²) >= 11 is 0. The maximum atomic E-state index is 13.8. The molecule has 1 amide bonds. The summed E-state index contributed by atoms with van der Waals surface area (Å²) in [4.78, 5) is 21.7. The Balaban J connectivity index is 1.47. The van der Waals surface area contributed by atoms with E-state index < -0.39 is 23.6 Å². The number of amides is 1. The first-order valence-electron chi connectivity index (χ1n) is 7.94. The first kappa shape index (κ1) is 16.1. The van der Waals surface area contributed by atoms with Crippen LogP contribution in [0.3, 0.4) is 0 Å². The van der Waals surface area contributed by atoms with Gasteiger partial charge < -0.3 is 10.2 Å².